The fraction of sp³-hybridized carbons (Fsp3) is 0.556. The van der Waals surface area contributed by atoms with Crippen molar-refractivity contribution in [3.05, 3.63) is 24.3 Å². The monoisotopic (exact) mass is 476 g/mol. The fourth-order valence-corrected chi connectivity index (χ4v) is 2.79. The Morgan fingerprint density at radius 1 is 1.27 bits per heavy atom. The van der Waals surface area contributed by atoms with Crippen molar-refractivity contribution in [2.75, 3.05) is 38.1 Å². The second-order valence-corrected chi connectivity index (χ2v) is 5.91. The lowest BCUT2D eigenvalue weighted by Gasteiger charge is -2.34. The summed E-state index contributed by atoms with van der Waals surface area (Å²) >= 11 is 0. The van der Waals surface area contributed by atoms with E-state index >= 15 is 0 Å². The molecule has 0 aromatic heterocycles. The molecular formula is C18H29IN4O3. The quantitative estimate of drug-likeness (QED) is 0.254. The van der Waals surface area contributed by atoms with E-state index in [0.29, 0.717) is 11.8 Å². The van der Waals surface area contributed by atoms with Crippen molar-refractivity contribution in [3.8, 4) is 5.75 Å². The second-order valence-electron chi connectivity index (χ2n) is 5.91. The number of nitrogens with one attached hydrogen (secondary N) is 2. The molecule has 0 saturated carbocycles. The van der Waals surface area contributed by atoms with E-state index in [4.69, 9.17) is 4.74 Å². The van der Waals surface area contributed by atoms with Crippen molar-refractivity contribution in [3.63, 3.8) is 0 Å². The molecule has 1 amide bonds. The Bertz CT molecular complexity index is 572. The largest absolute Gasteiger partial charge is 0.508 e. The number of likely N-dealkylation sites (tertiary alicyclic amines) is 1. The van der Waals surface area contributed by atoms with Crippen LogP contribution in [0.2, 0.25) is 0 Å². The molecule has 0 radical (unpaired) electrons. The van der Waals surface area contributed by atoms with E-state index in [0.717, 1.165) is 45.0 Å². The number of aromatic hydroxyl groups is 1. The number of hydrogen-bond donors (Lipinski definition) is 3. The lowest BCUT2D eigenvalue weighted by atomic mass is 10.1. The molecule has 1 fully saturated rings. The Labute approximate surface area is 172 Å². The van der Waals surface area contributed by atoms with Crippen LogP contribution in [0.4, 0.5) is 5.69 Å². The highest BCUT2D eigenvalue weighted by atomic mass is 127. The number of amides is 1. The minimum absolute atomic E-state index is 0. The van der Waals surface area contributed by atoms with Gasteiger partial charge in [-0.1, -0.05) is 0 Å². The predicted octanol–water partition coefficient (Wildman–Crippen LogP) is 2.42. The number of guanidine groups is 1. The third-order valence-electron chi connectivity index (χ3n) is 4.00. The van der Waals surface area contributed by atoms with Crippen molar-refractivity contribution in [2.45, 2.75) is 32.8 Å². The first kappa shape index (κ1) is 22.5. The number of benzene rings is 1. The van der Waals surface area contributed by atoms with E-state index in [-0.39, 0.29) is 42.2 Å². The number of carbonyl (C=O) groups is 1. The van der Waals surface area contributed by atoms with Crippen molar-refractivity contribution in [2.24, 2.45) is 4.99 Å². The first-order chi connectivity index (χ1) is 12.1. The summed E-state index contributed by atoms with van der Waals surface area (Å²) in [5, 5.41) is 15.3. The van der Waals surface area contributed by atoms with Crippen LogP contribution in [-0.4, -0.2) is 60.8 Å². The molecule has 1 aromatic carbocycles. The average Bonchev–Trinajstić information content (AvgIpc) is 2.62. The zero-order valence-electron chi connectivity index (χ0n) is 15.4. The van der Waals surface area contributed by atoms with Gasteiger partial charge in [0.25, 0.3) is 0 Å². The Kier molecular flexibility index (Phi) is 10.3. The zero-order valence-corrected chi connectivity index (χ0v) is 17.7. The summed E-state index contributed by atoms with van der Waals surface area (Å²) in [6, 6.07) is 6.37. The third-order valence-corrected chi connectivity index (χ3v) is 4.00. The van der Waals surface area contributed by atoms with E-state index in [9.17, 15) is 9.90 Å². The molecule has 0 aliphatic carbocycles. The van der Waals surface area contributed by atoms with Crippen LogP contribution in [0.1, 0.15) is 26.7 Å². The van der Waals surface area contributed by atoms with Crippen molar-refractivity contribution < 1.29 is 14.6 Å². The summed E-state index contributed by atoms with van der Waals surface area (Å²) in [6.07, 6.45) is 2.26. The van der Waals surface area contributed by atoms with Crippen LogP contribution in [0.5, 0.6) is 5.75 Å². The topological polar surface area (TPSA) is 86.2 Å². The molecule has 3 N–H and O–H groups in total. The molecule has 1 saturated heterocycles. The Morgan fingerprint density at radius 2 is 1.92 bits per heavy atom. The first-order valence-corrected chi connectivity index (χ1v) is 8.86. The van der Waals surface area contributed by atoms with Crippen LogP contribution < -0.4 is 10.6 Å². The molecule has 8 heteroatoms. The molecule has 1 aromatic rings. The summed E-state index contributed by atoms with van der Waals surface area (Å²) in [5.74, 6) is 0.740. The summed E-state index contributed by atoms with van der Waals surface area (Å²) in [6.45, 7) is 7.32. The van der Waals surface area contributed by atoms with Crippen LogP contribution >= 0.6 is 24.0 Å². The number of rotatable bonds is 6. The van der Waals surface area contributed by atoms with Crippen molar-refractivity contribution >= 4 is 41.5 Å². The number of anilines is 1. The Hall–Kier alpha value is -1.55. The van der Waals surface area contributed by atoms with Gasteiger partial charge < -0.3 is 25.4 Å². The van der Waals surface area contributed by atoms with E-state index in [1.54, 1.807) is 12.1 Å². The van der Waals surface area contributed by atoms with Crippen LogP contribution in [0.3, 0.4) is 0 Å². The van der Waals surface area contributed by atoms with Gasteiger partial charge in [0.1, 0.15) is 12.3 Å². The number of hydrogen-bond acceptors (Lipinski definition) is 4. The molecule has 1 heterocycles. The number of aliphatic imine (C=N–C) groups is 1. The molecule has 0 bridgehead atoms. The summed E-state index contributed by atoms with van der Waals surface area (Å²) in [4.78, 5) is 18.7. The standard InChI is InChI=1S/C18H28N4O3.HI/c1-3-19-18(22-11-9-16(10-12-22)25-4-2)20-13-17(24)21-14-5-7-15(23)8-6-14;/h5-8,16,23H,3-4,9-13H2,1-2H3,(H,19,20)(H,21,24);1H. The van der Waals surface area contributed by atoms with Gasteiger partial charge in [-0.3, -0.25) is 4.79 Å². The number of phenols is 1. The number of ether oxygens (including phenoxy) is 1. The Morgan fingerprint density at radius 3 is 2.50 bits per heavy atom. The van der Waals surface area contributed by atoms with Crippen molar-refractivity contribution in [1.82, 2.24) is 10.2 Å². The van der Waals surface area contributed by atoms with Gasteiger partial charge in [0.05, 0.1) is 6.10 Å². The van der Waals surface area contributed by atoms with Crippen LogP contribution in [-0.2, 0) is 9.53 Å². The van der Waals surface area contributed by atoms with Gasteiger partial charge in [-0.2, -0.15) is 0 Å². The molecule has 2 rings (SSSR count). The normalized spacial score (nSPS) is 15.3. The van der Waals surface area contributed by atoms with Gasteiger partial charge >= 0.3 is 0 Å². The number of piperidine rings is 1. The zero-order chi connectivity index (χ0) is 18.1. The van der Waals surface area contributed by atoms with Gasteiger partial charge in [-0.25, -0.2) is 4.99 Å². The predicted molar refractivity (Wildman–Crippen MR) is 114 cm³/mol. The molecule has 7 nitrogen and oxygen atoms in total. The van der Waals surface area contributed by atoms with E-state index in [1.165, 1.54) is 12.1 Å². The van der Waals surface area contributed by atoms with Gasteiger partial charge in [-0.05, 0) is 51.0 Å². The molecule has 0 atom stereocenters. The Balaban J connectivity index is 0.00000338. The minimum atomic E-state index is -0.190. The lowest BCUT2D eigenvalue weighted by molar-refractivity contribution is -0.114. The lowest BCUT2D eigenvalue weighted by Crippen LogP contribution is -2.47. The summed E-state index contributed by atoms with van der Waals surface area (Å²) in [7, 11) is 0. The number of halogens is 1. The van der Waals surface area contributed by atoms with Gasteiger partial charge in [0.2, 0.25) is 5.91 Å². The van der Waals surface area contributed by atoms with Gasteiger partial charge in [0, 0.05) is 31.9 Å². The van der Waals surface area contributed by atoms with E-state index < -0.39 is 0 Å². The highest BCUT2D eigenvalue weighted by Gasteiger charge is 2.21. The highest BCUT2D eigenvalue weighted by Crippen LogP contribution is 2.15. The van der Waals surface area contributed by atoms with Crippen molar-refractivity contribution in [1.29, 1.82) is 0 Å². The highest BCUT2D eigenvalue weighted by molar-refractivity contribution is 14.0. The third kappa shape index (κ3) is 7.36. The number of nitrogens with zero attached hydrogens (tertiary/aromatic N) is 2. The molecule has 26 heavy (non-hydrogen) atoms. The smallest absolute Gasteiger partial charge is 0.246 e. The van der Waals surface area contributed by atoms with E-state index in [1.807, 2.05) is 13.8 Å². The maximum absolute atomic E-state index is 12.1. The second kappa shape index (κ2) is 11.9. The number of phenolic OH excluding ortho intramolecular Hbond substituents is 1. The van der Waals surface area contributed by atoms with Crippen LogP contribution in [0.25, 0.3) is 0 Å². The fourth-order valence-electron chi connectivity index (χ4n) is 2.79. The van der Waals surface area contributed by atoms with E-state index in [2.05, 4.69) is 20.5 Å². The van der Waals surface area contributed by atoms with Gasteiger partial charge in [0.15, 0.2) is 5.96 Å². The molecule has 146 valence electrons. The summed E-state index contributed by atoms with van der Waals surface area (Å²) < 4.78 is 5.67. The first-order valence-electron chi connectivity index (χ1n) is 8.86. The maximum atomic E-state index is 12.1. The minimum Gasteiger partial charge on any atom is -0.508 e. The molecular weight excluding hydrogens is 447 g/mol. The van der Waals surface area contributed by atoms with Gasteiger partial charge in [-0.15, -0.1) is 24.0 Å². The average molecular weight is 476 g/mol. The van der Waals surface area contributed by atoms with Crippen LogP contribution in [0.15, 0.2) is 29.3 Å². The maximum Gasteiger partial charge on any atom is 0.246 e. The SMILES string of the molecule is CCNC(=NCC(=O)Nc1ccc(O)cc1)N1CCC(OCC)CC1.I. The number of carbonyl (C=O) groups excluding carboxylic acids is 1. The molecule has 1 aliphatic rings. The molecule has 0 spiro atoms. The molecule has 1 aliphatic heterocycles. The van der Waals surface area contributed by atoms with Crippen LogP contribution in [0, 0.1) is 0 Å². The summed E-state index contributed by atoms with van der Waals surface area (Å²) in [5.41, 5.74) is 0.639. The molecule has 0 unspecified atom stereocenters.